The molecule has 2 heterocycles. The number of pyridine rings is 1. The Labute approximate surface area is 178 Å². The number of hydrogen-bond acceptors (Lipinski definition) is 3. The van der Waals surface area contributed by atoms with Crippen molar-refractivity contribution in [2.45, 2.75) is 70.7 Å². The van der Waals surface area contributed by atoms with Crippen LogP contribution in [-0.2, 0) is 13.1 Å². The molecule has 0 unspecified atom stereocenters. The first-order valence-electron chi connectivity index (χ1n) is 10.1. The van der Waals surface area contributed by atoms with Gasteiger partial charge in [-0.05, 0) is 70.5 Å². The number of aromatic nitrogens is 1. The van der Waals surface area contributed by atoms with Gasteiger partial charge in [-0.3, -0.25) is 4.98 Å². The summed E-state index contributed by atoms with van der Waals surface area (Å²) in [5, 5.41) is 7.91. The maximum Gasteiger partial charge on any atom is 0.169 e. The number of halogens is 1. The summed E-state index contributed by atoms with van der Waals surface area (Å²) in [5.41, 5.74) is 1.72. The summed E-state index contributed by atoms with van der Waals surface area (Å²) in [7, 11) is 0. The van der Waals surface area contributed by atoms with E-state index >= 15 is 0 Å². The second-order valence-electron chi connectivity index (χ2n) is 9.26. The van der Waals surface area contributed by atoms with E-state index < -0.39 is 0 Å². The van der Waals surface area contributed by atoms with Gasteiger partial charge >= 0.3 is 0 Å². The fraction of sp³-hybridized carbons (Fsp3) is 0.478. The Morgan fingerprint density at radius 2 is 1.83 bits per heavy atom. The molecule has 2 aromatic rings. The van der Waals surface area contributed by atoms with Gasteiger partial charge in [0.15, 0.2) is 5.11 Å². The number of rotatable bonds is 5. The third-order valence-corrected chi connectivity index (χ3v) is 5.60. The largest absolute Gasteiger partial charge is 0.360 e. The minimum atomic E-state index is -0.212. The number of benzene rings is 1. The Morgan fingerprint density at radius 1 is 1.14 bits per heavy atom. The normalized spacial score (nSPS) is 18.2. The van der Waals surface area contributed by atoms with Crippen molar-refractivity contribution < 1.29 is 4.39 Å². The van der Waals surface area contributed by atoms with E-state index in [0.29, 0.717) is 23.8 Å². The predicted molar refractivity (Wildman–Crippen MR) is 120 cm³/mol. The second kappa shape index (κ2) is 8.76. The van der Waals surface area contributed by atoms with Gasteiger partial charge in [0.1, 0.15) is 5.82 Å². The molecule has 0 aliphatic carbocycles. The summed E-state index contributed by atoms with van der Waals surface area (Å²) in [6.45, 7) is 9.87. The molecule has 1 aromatic carbocycles. The first-order chi connectivity index (χ1) is 13.6. The Bertz CT molecular complexity index is 822. The number of nitrogens with one attached hydrogen (secondary N) is 2. The number of piperidine rings is 1. The van der Waals surface area contributed by atoms with E-state index in [9.17, 15) is 4.39 Å². The number of nitrogens with zero attached hydrogens (tertiary/aromatic N) is 2. The minimum absolute atomic E-state index is 0.0226. The van der Waals surface area contributed by atoms with E-state index in [4.69, 9.17) is 12.2 Å². The van der Waals surface area contributed by atoms with Crippen molar-refractivity contribution in [3.05, 3.63) is 65.7 Å². The van der Waals surface area contributed by atoms with Crippen molar-refractivity contribution in [1.82, 2.24) is 20.5 Å². The van der Waals surface area contributed by atoms with E-state index in [1.54, 1.807) is 12.3 Å². The SMILES string of the molecule is CC1(C)CC(NC(=S)N(Cc2cccnc2)Cc2ccccc2F)CC(C)(C)N1. The molecule has 6 heteroatoms. The summed E-state index contributed by atoms with van der Waals surface area (Å²) < 4.78 is 14.3. The minimum Gasteiger partial charge on any atom is -0.360 e. The smallest absolute Gasteiger partial charge is 0.169 e. The van der Waals surface area contributed by atoms with Crippen molar-refractivity contribution in [3.8, 4) is 0 Å². The van der Waals surface area contributed by atoms with Crippen LogP contribution in [0.2, 0.25) is 0 Å². The van der Waals surface area contributed by atoms with E-state index in [-0.39, 0.29) is 22.9 Å². The first kappa shape index (κ1) is 21.7. The molecule has 0 radical (unpaired) electrons. The Morgan fingerprint density at radius 3 is 2.45 bits per heavy atom. The lowest BCUT2D eigenvalue weighted by molar-refractivity contribution is 0.153. The molecular formula is C23H31FN4S. The molecule has 29 heavy (non-hydrogen) atoms. The van der Waals surface area contributed by atoms with Crippen LogP contribution in [0.25, 0.3) is 0 Å². The third-order valence-electron chi connectivity index (χ3n) is 5.22. The molecule has 1 fully saturated rings. The summed E-state index contributed by atoms with van der Waals surface area (Å²) in [6.07, 6.45) is 5.52. The molecule has 0 amide bonds. The zero-order valence-corrected chi connectivity index (χ0v) is 18.5. The van der Waals surface area contributed by atoms with E-state index in [1.807, 2.05) is 35.4 Å². The summed E-state index contributed by atoms with van der Waals surface area (Å²) in [5.74, 6) is -0.212. The maximum absolute atomic E-state index is 14.3. The van der Waals surface area contributed by atoms with Crippen LogP contribution >= 0.6 is 12.2 Å². The van der Waals surface area contributed by atoms with Gasteiger partial charge in [-0.2, -0.15) is 0 Å². The average Bonchev–Trinajstić information content (AvgIpc) is 2.61. The number of thiocarbonyl (C=S) groups is 1. The van der Waals surface area contributed by atoms with Crippen LogP contribution in [0, 0.1) is 5.82 Å². The molecule has 1 saturated heterocycles. The molecule has 0 saturated carbocycles. The Balaban J connectivity index is 1.77. The highest BCUT2D eigenvalue weighted by atomic mass is 32.1. The fourth-order valence-corrected chi connectivity index (χ4v) is 4.73. The van der Waals surface area contributed by atoms with Gasteiger partial charge in [-0.15, -0.1) is 0 Å². The van der Waals surface area contributed by atoms with Gasteiger partial charge in [-0.25, -0.2) is 4.39 Å². The van der Waals surface area contributed by atoms with Gasteiger partial charge < -0.3 is 15.5 Å². The van der Waals surface area contributed by atoms with Crippen LogP contribution in [0.15, 0.2) is 48.8 Å². The third kappa shape index (κ3) is 6.21. The van der Waals surface area contributed by atoms with Gasteiger partial charge in [0, 0.05) is 48.2 Å². The van der Waals surface area contributed by atoms with Crippen molar-refractivity contribution in [1.29, 1.82) is 0 Å². The predicted octanol–water partition coefficient (Wildman–Crippen LogP) is 4.41. The first-order valence-corrected chi connectivity index (χ1v) is 10.5. The fourth-order valence-electron chi connectivity index (χ4n) is 4.43. The number of hydrogen-bond donors (Lipinski definition) is 2. The second-order valence-corrected chi connectivity index (χ2v) is 9.64. The molecule has 2 N–H and O–H groups in total. The highest BCUT2D eigenvalue weighted by molar-refractivity contribution is 7.80. The quantitative estimate of drug-likeness (QED) is 0.710. The molecule has 0 atom stereocenters. The van der Waals surface area contributed by atoms with Gasteiger partial charge in [-0.1, -0.05) is 24.3 Å². The van der Waals surface area contributed by atoms with Crippen LogP contribution in [0.1, 0.15) is 51.7 Å². The van der Waals surface area contributed by atoms with Crippen LogP contribution in [0.3, 0.4) is 0 Å². The summed E-state index contributed by atoms with van der Waals surface area (Å²) in [4.78, 5) is 6.22. The standard InChI is InChI=1S/C23H31FN4S/c1-22(2)12-19(13-23(3,4)27-22)26-21(29)28(15-17-8-7-11-25-14-17)16-18-9-5-6-10-20(18)24/h5-11,14,19,27H,12-13,15-16H2,1-4H3,(H,26,29). The van der Waals surface area contributed by atoms with Crippen molar-refractivity contribution in [2.24, 2.45) is 0 Å². The molecule has 1 aliphatic rings. The molecule has 0 bridgehead atoms. The summed E-state index contributed by atoms with van der Waals surface area (Å²) in [6, 6.07) is 11.0. The molecule has 1 aromatic heterocycles. The lowest BCUT2D eigenvalue weighted by Crippen LogP contribution is -2.62. The lowest BCUT2D eigenvalue weighted by Gasteiger charge is -2.47. The average molecular weight is 415 g/mol. The van der Waals surface area contributed by atoms with Crippen LogP contribution < -0.4 is 10.6 Å². The van der Waals surface area contributed by atoms with Crippen LogP contribution in [0.4, 0.5) is 4.39 Å². The van der Waals surface area contributed by atoms with E-state index in [2.05, 4.69) is 43.3 Å². The monoisotopic (exact) mass is 414 g/mol. The lowest BCUT2D eigenvalue weighted by atomic mass is 9.80. The molecule has 156 valence electrons. The van der Waals surface area contributed by atoms with Crippen LogP contribution in [0.5, 0.6) is 0 Å². The molecule has 4 nitrogen and oxygen atoms in total. The highest BCUT2D eigenvalue weighted by Crippen LogP contribution is 2.28. The van der Waals surface area contributed by atoms with Crippen molar-refractivity contribution >= 4 is 17.3 Å². The molecule has 1 aliphatic heterocycles. The zero-order valence-electron chi connectivity index (χ0n) is 17.7. The molecule has 0 spiro atoms. The maximum atomic E-state index is 14.3. The Kier molecular flexibility index (Phi) is 6.54. The Hall–Kier alpha value is -2.05. The van der Waals surface area contributed by atoms with E-state index in [0.717, 1.165) is 18.4 Å². The van der Waals surface area contributed by atoms with Gasteiger partial charge in [0.05, 0.1) is 0 Å². The van der Waals surface area contributed by atoms with Gasteiger partial charge in [0.25, 0.3) is 0 Å². The zero-order chi connectivity index (χ0) is 21.1. The summed E-state index contributed by atoms with van der Waals surface area (Å²) >= 11 is 5.80. The molecule has 3 rings (SSSR count). The highest BCUT2D eigenvalue weighted by Gasteiger charge is 2.38. The van der Waals surface area contributed by atoms with Crippen LogP contribution in [-0.4, -0.2) is 32.1 Å². The van der Waals surface area contributed by atoms with E-state index in [1.165, 1.54) is 6.07 Å². The van der Waals surface area contributed by atoms with Gasteiger partial charge in [0.2, 0.25) is 0 Å². The topological polar surface area (TPSA) is 40.2 Å². The van der Waals surface area contributed by atoms with Crippen molar-refractivity contribution in [3.63, 3.8) is 0 Å². The van der Waals surface area contributed by atoms with Crippen molar-refractivity contribution in [2.75, 3.05) is 0 Å². The molecular weight excluding hydrogens is 383 g/mol.